The van der Waals surface area contributed by atoms with Crippen molar-refractivity contribution in [1.29, 1.82) is 0 Å². The summed E-state index contributed by atoms with van der Waals surface area (Å²) in [5.74, 6) is 0.441. The van der Waals surface area contributed by atoms with Crippen molar-refractivity contribution in [3.05, 3.63) is 12.2 Å². The third-order valence-electron chi connectivity index (χ3n) is 2.13. The van der Waals surface area contributed by atoms with Crippen molar-refractivity contribution in [3.8, 4) is 0 Å². The van der Waals surface area contributed by atoms with Crippen molar-refractivity contribution in [1.82, 2.24) is 0 Å². The summed E-state index contributed by atoms with van der Waals surface area (Å²) < 4.78 is 4.78. The molecule has 14 heavy (non-hydrogen) atoms. The topological polar surface area (TPSA) is 26.3 Å². The van der Waals surface area contributed by atoms with Crippen LogP contribution in [-0.2, 0) is 9.53 Å². The van der Waals surface area contributed by atoms with Gasteiger partial charge in [-0.05, 0) is 19.3 Å². The molecular formula is C12H22O2. The van der Waals surface area contributed by atoms with Gasteiger partial charge in [0.15, 0.2) is 0 Å². The van der Waals surface area contributed by atoms with Gasteiger partial charge in [-0.1, -0.05) is 39.2 Å². The molecule has 0 aliphatic heterocycles. The number of esters is 1. The molecule has 0 heterocycles. The predicted octanol–water partition coefficient (Wildman–Crippen LogP) is 3.32. The lowest BCUT2D eigenvalue weighted by Gasteiger charge is -2.06. The first-order chi connectivity index (χ1) is 6.70. The number of carbonyl (C=O) groups excluding carboxylic acids is 1. The van der Waals surface area contributed by atoms with Crippen LogP contribution in [0.3, 0.4) is 0 Å². The van der Waals surface area contributed by atoms with Gasteiger partial charge in [-0.15, -0.1) is 0 Å². The minimum absolute atomic E-state index is 0.227. The third kappa shape index (κ3) is 7.84. The first-order valence-corrected chi connectivity index (χ1v) is 5.54. The second-order valence-electron chi connectivity index (χ2n) is 3.64. The summed E-state index contributed by atoms with van der Waals surface area (Å²) in [4.78, 5) is 10.9. The van der Waals surface area contributed by atoms with Crippen LogP contribution >= 0.6 is 0 Å². The van der Waals surface area contributed by atoms with Gasteiger partial charge in [-0.3, -0.25) is 0 Å². The highest BCUT2D eigenvalue weighted by Gasteiger charge is 1.99. The minimum Gasteiger partial charge on any atom is -0.463 e. The lowest BCUT2D eigenvalue weighted by molar-refractivity contribution is -0.137. The number of unbranched alkanes of at least 4 members (excludes halogenated alkanes) is 1. The fourth-order valence-corrected chi connectivity index (χ4v) is 1.26. The van der Waals surface area contributed by atoms with Crippen LogP contribution in [0.25, 0.3) is 0 Å². The van der Waals surface area contributed by atoms with Crippen LogP contribution in [0.15, 0.2) is 12.2 Å². The Balaban J connectivity index is 3.54. The highest BCUT2D eigenvalue weighted by atomic mass is 16.5. The fourth-order valence-electron chi connectivity index (χ4n) is 1.26. The van der Waals surface area contributed by atoms with Gasteiger partial charge >= 0.3 is 5.97 Å². The number of allylic oxidation sites excluding steroid dienone is 1. The normalized spacial score (nSPS) is 13.1. The van der Waals surface area contributed by atoms with Crippen molar-refractivity contribution in [2.45, 2.75) is 46.5 Å². The largest absolute Gasteiger partial charge is 0.463 e. The van der Waals surface area contributed by atoms with Gasteiger partial charge in [0, 0.05) is 6.08 Å². The van der Waals surface area contributed by atoms with E-state index in [1.807, 2.05) is 13.0 Å². The van der Waals surface area contributed by atoms with E-state index in [0.29, 0.717) is 12.5 Å². The molecule has 0 aromatic rings. The lowest BCUT2D eigenvalue weighted by Crippen LogP contribution is -1.99. The Morgan fingerprint density at radius 2 is 2.14 bits per heavy atom. The summed E-state index contributed by atoms with van der Waals surface area (Å²) in [5.41, 5.74) is 0. The zero-order valence-corrected chi connectivity index (χ0v) is 9.58. The number of rotatable bonds is 7. The highest BCUT2D eigenvalue weighted by molar-refractivity contribution is 5.81. The van der Waals surface area contributed by atoms with Gasteiger partial charge in [0.25, 0.3) is 0 Å². The van der Waals surface area contributed by atoms with Gasteiger partial charge in [-0.2, -0.15) is 0 Å². The van der Waals surface area contributed by atoms with E-state index in [2.05, 4.69) is 13.8 Å². The maximum Gasteiger partial charge on any atom is 0.330 e. The van der Waals surface area contributed by atoms with Crippen molar-refractivity contribution < 1.29 is 9.53 Å². The van der Waals surface area contributed by atoms with E-state index >= 15 is 0 Å². The second kappa shape index (κ2) is 8.79. The van der Waals surface area contributed by atoms with Gasteiger partial charge < -0.3 is 4.74 Å². The lowest BCUT2D eigenvalue weighted by atomic mass is 10.0. The predicted molar refractivity (Wildman–Crippen MR) is 59.1 cm³/mol. The number of hydrogen-bond acceptors (Lipinski definition) is 2. The smallest absolute Gasteiger partial charge is 0.330 e. The molecule has 1 atom stereocenters. The van der Waals surface area contributed by atoms with Crippen molar-refractivity contribution in [2.75, 3.05) is 6.61 Å². The molecule has 0 radical (unpaired) electrons. The number of hydrogen-bond donors (Lipinski definition) is 0. The van der Waals surface area contributed by atoms with Crippen LogP contribution < -0.4 is 0 Å². The van der Waals surface area contributed by atoms with Gasteiger partial charge in [0.2, 0.25) is 0 Å². The van der Waals surface area contributed by atoms with Crippen LogP contribution in [0.5, 0.6) is 0 Å². The molecule has 0 bridgehead atoms. The Hall–Kier alpha value is -0.790. The third-order valence-corrected chi connectivity index (χ3v) is 2.13. The Labute approximate surface area is 87.3 Å². The van der Waals surface area contributed by atoms with Gasteiger partial charge in [-0.25, -0.2) is 4.79 Å². The Morgan fingerprint density at radius 1 is 1.43 bits per heavy atom. The summed E-state index contributed by atoms with van der Waals surface area (Å²) in [5, 5.41) is 0. The zero-order chi connectivity index (χ0) is 10.8. The number of carbonyl (C=O) groups is 1. The maximum atomic E-state index is 10.9. The molecule has 0 spiro atoms. The SMILES string of the molecule is CCCC[C@@H](C)C/C=C/C(=O)OCC. The summed E-state index contributed by atoms with van der Waals surface area (Å²) in [6, 6.07) is 0. The minimum atomic E-state index is -0.227. The number of ether oxygens (including phenoxy) is 1. The van der Waals surface area contributed by atoms with Crippen molar-refractivity contribution in [2.24, 2.45) is 5.92 Å². The fraction of sp³-hybridized carbons (Fsp3) is 0.750. The summed E-state index contributed by atoms with van der Waals surface area (Å²) in [6.45, 7) is 6.68. The molecule has 0 saturated carbocycles. The standard InChI is InChI=1S/C12H22O2/c1-4-6-8-11(3)9-7-10-12(13)14-5-2/h7,10-11H,4-6,8-9H2,1-3H3/b10-7+/t11-/m1/s1. The Bertz CT molecular complexity index is 173. The first kappa shape index (κ1) is 13.2. The van der Waals surface area contributed by atoms with E-state index in [-0.39, 0.29) is 5.97 Å². The molecule has 0 aliphatic rings. The quantitative estimate of drug-likeness (QED) is 0.463. The van der Waals surface area contributed by atoms with Crippen LogP contribution in [0.1, 0.15) is 46.5 Å². The van der Waals surface area contributed by atoms with Crippen LogP contribution in [0.2, 0.25) is 0 Å². The summed E-state index contributed by atoms with van der Waals surface area (Å²) in [7, 11) is 0. The van der Waals surface area contributed by atoms with E-state index in [0.717, 1.165) is 6.42 Å². The van der Waals surface area contributed by atoms with E-state index in [9.17, 15) is 4.79 Å². The van der Waals surface area contributed by atoms with Gasteiger partial charge in [0.1, 0.15) is 0 Å². The molecule has 0 aromatic carbocycles. The van der Waals surface area contributed by atoms with E-state index in [4.69, 9.17) is 4.74 Å². The molecule has 0 fully saturated rings. The Kier molecular flexibility index (Phi) is 8.30. The first-order valence-electron chi connectivity index (χ1n) is 5.54. The van der Waals surface area contributed by atoms with Crippen molar-refractivity contribution in [3.63, 3.8) is 0 Å². The van der Waals surface area contributed by atoms with Crippen LogP contribution in [0, 0.1) is 5.92 Å². The molecule has 0 unspecified atom stereocenters. The molecule has 0 aliphatic carbocycles. The molecular weight excluding hydrogens is 176 g/mol. The zero-order valence-electron chi connectivity index (χ0n) is 9.58. The highest BCUT2D eigenvalue weighted by Crippen LogP contribution is 2.11. The average molecular weight is 198 g/mol. The molecule has 0 saturated heterocycles. The average Bonchev–Trinajstić information content (AvgIpc) is 2.15. The van der Waals surface area contributed by atoms with E-state index in [1.54, 1.807) is 0 Å². The molecule has 0 rings (SSSR count). The molecule has 0 amide bonds. The molecule has 0 aromatic heterocycles. The van der Waals surface area contributed by atoms with E-state index < -0.39 is 0 Å². The van der Waals surface area contributed by atoms with Crippen molar-refractivity contribution >= 4 is 5.97 Å². The maximum absolute atomic E-state index is 10.9. The molecule has 82 valence electrons. The summed E-state index contributed by atoms with van der Waals surface area (Å²) in [6.07, 6.45) is 8.17. The van der Waals surface area contributed by atoms with Crippen LogP contribution in [-0.4, -0.2) is 12.6 Å². The summed E-state index contributed by atoms with van der Waals surface area (Å²) >= 11 is 0. The molecule has 0 N–H and O–H groups in total. The molecule has 2 nitrogen and oxygen atoms in total. The van der Waals surface area contributed by atoms with Crippen LogP contribution in [0.4, 0.5) is 0 Å². The van der Waals surface area contributed by atoms with E-state index in [1.165, 1.54) is 25.3 Å². The Morgan fingerprint density at radius 3 is 2.71 bits per heavy atom. The monoisotopic (exact) mass is 198 g/mol. The molecule has 2 heteroatoms. The van der Waals surface area contributed by atoms with Gasteiger partial charge in [0.05, 0.1) is 6.61 Å². The second-order valence-corrected chi connectivity index (χ2v) is 3.64.